The van der Waals surface area contributed by atoms with E-state index in [1.165, 1.54) is 26.4 Å². The number of halogens is 2. The van der Waals surface area contributed by atoms with Crippen LogP contribution in [0.1, 0.15) is 113 Å². The number of hydrogen-bond donors (Lipinski definition) is 0. The van der Waals surface area contributed by atoms with Crippen LogP contribution in [-0.4, -0.2) is 64.2 Å². The zero-order valence-corrected chi connectivity index (χ0v) is 36.3. The van der Waals surface area contributed by atoms with Gasteiger partial charge in [-0.15, -0.1) is 0 Å². The molecular weight excluding hydrogens is 738 g/mol. The van der Waals surface area contributed by atoms with Crippen LogP contribution < -0.4 is 0 Å². The second-order valence-electron chi connectivity index (χ2n) is 18.3. The molecule has 1 saturated heterocycles. The standard InChI is InChI=1S/C38H70FIO5Si2/c1-14-15-17-25(2)22-28(44-46(10,11)37(3,4)5)20-21-29-30(45-47(12,13)38(6,7)8)24-31-32(29)33(39)35(43-31)34(40)26-18-16-19-27(23-26)36(41)42-9/h20-21,25-35H,14-19,22-24H2,1-13H3/b21-20+/t25-,26?,27?,28+,29-,30+,31-,32+,33+,34?,35?/m0/s1. The highest BCUT2D eigenvalue weighted by Crippen LogP contribution is 2.52. The number of hydrogen-bond acceptors (Lipinski definition) is 5. The van der Waals surface area contributed by atoms with Gasteiger partial charge in [0.1, 0.15) is 12.3 Å². The van der Waals surface area contributed by atoms with Gasteiger partial charge in [0.15, 0.2) is 16.6 Å². The van der Waals surface area contributed by atoms with Gasteiger partial charge in [0, 0.05) is 15.8 Å². The van der Waals surface area contributed by atoms with Crippen molar-refractivity contribution in [3.05, 3.63) is 12.2 Å². The molecule has 47 heavy (non-hydrogen) atoms. The summed E-state index contributed by atoms with van der Waals surface area (Å²) in [5, 5.41) is 0.167. The van der Waals surface area contributed by atoms with E-state index in [-0.39, 0.29) is 62.0 Å². The van der Waals surface area contributed by atoms with E-state index in [2.05, 4.69) is 116 Å². The van der Waals surface area contributed by atoms with E-state index in [1.807, 2.05) is 0 Å². The summed E-state index contributed by atoms with van der Waals surface area (Å²) in [6, 6.07) is 0. The van der Waals surface area contributed by atoms with Gasteiger partial charge >= 0.3 is 5.97 Å². The molecule has 0 N–H and O–H groups in total. The smallest absolute Gasteiger partial charge is 0.308 e. The number of carbonyl (C=O) groups excluding carboxylic acids is 1. The van der Waals surface area contributed by atoms with Crippen LogP contribution in [0.3, 0.4) is 0 Å². The molecule has 4 unspecified atom stereocenters. The molecule has 0 aromatic heterocycles. The monoisotopic (exact) mass is 808 g/mol. The minimum absolute atomic E-state index is 0.00122. The number of esters is 1. The summed E-state index contributed by atoms with van der Waals surface area (Å²) in [4.78, 5) is 12.4. The molecule has 0 aromatic rings. The Morgan fingerprint density at radius 1 is 1.04 bits per heavy atom. The lowest BCUT2D eigenvalue weighted by Gasteiger charge is -2.41. The topological polar surface area (TPSA) is 54.0 Å². The van der Waals surface area contributed by atoms with Crippen LogP contribution >= 0.6 is 22.6 Å². The molecule has 1 heterocycles. The lowest BCUT2D eigenvalue weighted by Crippen LogP contribution is -2.46. The lowest BCUT2D eigenvalue weighted by atomic mass is 9.77. The van der Waals surface area contributed by atoms with Crippen LogP contribution in [0, 0.1) is 29.6 Å². The minimum Gasteiger partial charge on any atom is -0.469 e. The van der Waals surface area contributed by atoms with Gasteiger partial charge in [-0.05, 0) is 80.2 Å². The second kappa shape index (κ2) is 16.7. The van der Waals surface area contributed by atoms with E-state index in [0.29, 0.717) is 5.92 Å². The first-order chi connectivity index (χ1) is 21.6. The average Bonchev–Trinajstić information content (AvgIpc) is 3.47. The molecule has 11 atom stereocenters. The Hall–Kier alpha value is 0.184. The number of alkyl halides is 2. The van der Waals surface area contributed by atoms with E-state index in [1.54, 1.807) is 0 Å². The summed E-state index contributed by atoms with van der Waals surface area (Å²) >= 11 is 2.43. The summed E-state index contributed by atoms with van der Waals surface area (Å²) in [5.41, 5.74) is 0. The number of carbonyl (C=O) groups is 1. The van der Waals surface area contributed by atoms with Gasteiger partial charge < -0.3 is 18.3 Å². The van der Waals surface area contributed by atoms with Gasteiger partial charge in [0.25, 0.3) is 0 Å². The zero-order chi connectivity index (χ0) is 35.5. The van der Waals surface area contributed by atoms with E-state index >= 15 is 4.39 Å². The van der Waals surface area contributed by atoms with E-state index in [0.717, 1.165) is 38.5 Å². The highest BCUT2D eigenvalue weighted by atomic mass is 127. The molecule has 2 saturated carbocycles. The maximum atomic E-state index is 16.9. The van der Waals surface area contributed by atoms with Crippen molar-refractivity contribution in [2.24, 2.45) is 29.6 Å². The first kappa shape index (κ1) is 41.6. The molecule has 3 rings (SSSR count). The first-order valence-electron chi connectivity index (χ1n) is 18.7. The number of fused-ring (bicyclic) bond motifs is 1. The molecule has 3 fully saturated rings. The highest BCUT2D eigenvalue weighted by Gasteiger charge is 2.59. The Bertz CT molecular complexity index is 1040. The Balaban J connectivity index is 1.91. The van der Waals surface area contributed by atoms with Crippen LogP contribution in [0.5, 0.6) is 0 Å². The van der Waals surface area contributed by atoms with Gasteiger partial charge in [-0.1, -0.05) is 116 Å². The van der Waals surface area contributed by atoms with Crippen LogP contribution in [0.15, 0.2) is 12.2 Å². The molecule has 0 aromatic carbocycles. The molecule has 0 bridgehead atoms. The van der Waals surface area contributed by atoms with Crippen molar-refractivity contribution in [2.75, 3.05) is 7.11 Å². The first-order valence-corrected chi connectivity index (χ1v) is 25.7. The van der Waals surface area contributed by atoms with Crippen molar-refractivity contribution >= 4 is 45.2 Å². The lowest BCUT2D eigenvalue weighted by molar-refractivity contribution is -0.147. The van der Waals surface area contributed by atoms with Gasteiger partial charge in [0.2, 0.25) is 0 Å². The summed E-state index contributed by atoms with van der Waals surface area (Å²) in [6.45, 7) is 27.6. The Kier molecular flexibility index (Phi) is 14.8. The molecule has 0 radical (unpaired) electrons. The van der Waals surface area contributed by atoms with E-state index in [4.69, 9.17) is 18.3 Å². The fourth-order valence-corrected chi connectivity index (χ4v) is 11.4. The Morgan fingerprint density at radius 3 is 2.26 bits per heavy atom. The van der Waals surface area contributed by atoms with E-state index in [9.17, 15) is 4.79 Å². The molecule has 2 aliphatic carbocycles. The van der Waals surface area contributed by atoms with Gasteiger partial charge in [-0.2, -0.15) is 0 Å². The number of methoxy groups -OCH3 is 1. The molecule has 9 heteroatoms. The summed E-state index contributed by atoms with van der Waals surface area (Å²) in [5.74, 6) is 0.273. The SMILES string of the molecule is CCCC[C@H](C)C[C@@H](/C=C/[C@@H]1[C@@H]2[C@H](C[C@H]1O[Si](C)(C)C(C)(C)C)OC(C(I)C1CCCC(C(=O)OC)C1)[C@@H]2F)O[Si](C)(C)C(C)(C)C. The highest BCUT2D eigenvalue weighted by molar-refractivity contribution is 14.1. The predicted molar refractivity (Wildman–Crippen MR) is 207 cm³/mol. The summed E-state index contributed by atoms with van der Waals surface area (Å²) in [6.07, 6.45) is 11.7. The molecular formula is C38H70FIO5Si2. The van der Waals surface area contributed by atoms with Gasteiger partial charge in [-0.3, -0.25) is 4.79 Å². The third-order valence-corrected chi connectivity index (χ3v) is 23.3. The van der Waals surface area contributed by atoms with Gasteiger partial charge in [0.05, 0.1) is 31.3 Å². The number of ether oxygens (including phenoxy) is 2. The van der Waals surface area contributed by atoms with Crippen molar-refractivity contribution in [2.45, 2.75) is 184 Å². The maximum Gasteiger partial charge on any atom is 0.308 e. The van der Waals surface area contributed by atoms with Crippen LogP contribution in [0.25, 0.3) is 0 Å². The minimum atomic E-state index is -2.11. The molecule has 3 aliphatic rings. The van der Waals surface area contributed by atoms with E-state index < -0.39 is 28.9 Å². The van der Waals surface area contributed by atoms with Crippen molar-refractivity contribution in [1.29, 1.82) is 0 Å². The van der Waals surface area contributed by atoms with Crippen molar-refractivity contribution in [1.82, 2.24) is 0 Å². The van der Waals surface area contributed by atoms with Crippen LogP contribution in [0.4, 0.5) is 4.39 Å². The number of unbranched alkanes of at least 4 members (excludes halogenated alkanes) is 1. The van der Waals surface area contributed by atoms with Crippen molar-refractivity contribution in [3.63, 3.8) is 0 Å². The third-order valence-electron chi connectivity index (χ3n) is 12.5. The molecule has 0 spiro atoms. The zero-order valence-electron chi connectivity index (χ0n) is 32.2. The summed E-state index contributed by atoms with van der Waals surface area (Å²) in [7, 11) is -2.68. The van der Waals surface area contributed by atoms with Crippen molar-refractivity contribution < 1.29 is 27.5 Å². The Labute approximate surface area is 304 Å². The van der Waals surface area contributed by atoms with Crippen LogP contribution in [0.2, 0.25) is 36.3 Å². The second-order valence-corrected chi connectivity index (χ2v) is 29.2. The predicted octanol–water partition coefficient (Wildman–Crippen LogP) is 11.1. The van der Waals surface area contributed by atoms with Crippen LogP contribution in [-0.2, 0) is 23.1 Å². The average molecular weight is 809 g/mol. The quantitative estimate of drug-likeness (QED) is 0.0575. The molecule has 0 amide bonds. The van der Waals surface area contributed by atoms with Crippen molar-refractivity contribution in [3.8, 4) is 0 Å². The molecule has 1 aliphatic heterocycles. The molecule has 274 valence electrons. The molecule has 5 nitrogen and oxygen atoms in total. The number of rotatable bonds is 14. The van der Waals surface area contributed by atoms with Gasteiger partial charge in [-0.25, -0.2) is 4.39 Å². The third kappa shape index (κ3) is 10.4. The fraction of sp³-hybridized carbons (Fsp3) is 0.921. The normalized spacial score (nSPS) is 32.7. The Morgan fingerprint density at radius 2 is 1.68 bits per heavy atom. The fourth-order valence-electron chi connectivity index (χ4n) is 7.49. The summed E-state index contributed by atoms with van der Waals surface area (Å²) < 4.78 is 42.9. The maximum absolute atomic E-state index is 16.9. The largest absolute Gasteiger partial charge is 0.469 e.